The summed E-state index contributed by atoms with van der Waals surface area (Å²) >= 11 is 0. The minimum atomic E-state index is -0.263. The summed E-state index contributed by atoms with van der Waals surface area (Å²) in [6, 6.07) is 0. The van der Waals surface area contributed by atoms with Crippen LogP contribution >= 0.6 is 0 Å². The first-order chi connectivity index (χ1) is 7.20. The van der Waals surface area contributed by atoms with Crippen LogP contribution < -0.4 is 5.32 Å². The van der Waals surface area contributed by atoms with Crippen LogP contribution in [-0.2, 0) is 14.3 Å². The second-order valence-electron chi connectivity index (χ2n) is 3.51. The highest BCUT2D eigenvalue weighted by Crippen LogP contribution is 2.23. The van der Waals surface area contributed by atoms with Crippen LogP contribution in [0.1, 0.15) is 27.2 Å². The van der Waals surface area contributed by atoms with Crippen LogP contribution in [0.4, 0.5) is 0 Å². The standard InChI is InChI=1S/C11H19NO3/c1-4-14-10-9(11(13)15-5-2)8(3)6-7-12-10/h8,12H,4-7H2,1-3H3/t8-/m0/s1. The zero-order chi connectivity index (χ0) is 11.3. The number of esters is 1. The highest BCUT2D eigenvalue weighted by atomic mass is 16.5. The number of hydrogen-bond acceptors (Lipinski definition) is 4. The SMILES string of the molecule is CCOC(=O)C1=C(OCC)NCC[C@@H]1C. The van der Waals surface area contributed by atoms with Gasteiger partial charge in [0.2, 0.25) is 0 Å². The van der Waals surface area contributed by atoms with Crippen molar-refractivity contribution in [2.45, 2.75) is 27.2 Å². The number of rotatable bonds is 4. The molecule has 0 saturated carbocycles. The van der Waals surface area contributed by atoms with Crippen molar-refractivity contribution in [1.82, 2.24) is 5.32 Å². The number of carbonyl (C=O) groups is 1. The first-order valence-electron chi connectivity index (χ1n) is 5.48. The van der Waals surface area contributed by atoms with Gasteiger partial charge in [-0.2, -0.15) is 0 Å². The summed E-state index contributed by atoms with van der Waals surface area (Å²) in [6.45, 7) is 7.52. The molecule has 1 heterocycles. The summed E-state index contributed by atoms with van der Waals surface area (Å²) in [5, 5.41) is 3.10. The Morgan fingerprint density at radius 3 is 2.80 bits per heavy atom. The molecule has 1 rings (SSSR count). The van der Waals surface area contributed by atoms with Crippen molar-refractivity contribution in [1.29, 1.82) is 0 Å². The van der Waals surface area contributed by atoms with Gasteiger partial charge < -0.3 is 14.8 Å². The van der Waals surface area contributed by atoms with Crippen LogP contribution in [0.15, 0.2) is 11.5 Å². The Bertz CT molecular complexity index is 261. The molecule has 0 amide bonds. The van der Waals surface area contributed by atoms with E-state index in [1.165, 1.54) is 0 Å². The van der Waals surface area contributed by atoms with E-state index in [1.54, 1.807) is 6.92 Å². The normalized spacial score (nSPS) is 20.9. The van der Waals surface area contributed by atoms with Gasteiger partial charge >= 0.3 is 5.97 Å². The summed E-state index contributed by atoms with van der Waals surface area (Å²) in [6.07, 6.45) is 0.935. The van der Waals surface area contributed by atoms with Gasteiger partial charge in [0.25, 0.3) is 0 Å². The van der Waals surface area contributed by atoms with Crippen molar-refractivity contribution in [3.63, 3.8) is 0 Å². The summed E-state index contributed by atoms with van der Waals surface area (Å²) in [4.78, 5) is 11.7. The number of carbonyl (C=O) groups excluding carboxylic acids is 1. The van der Waals surface area contributed by atoms with Crippen LogP contribution in [0, 0.1) is 5.92 Å². The van der Waals surface area contributed by atoms with Gasteiger partial charge in [-0.05, 0) is 26.2 Å². The monoisotopic (exact) mass is 213 g/mol. The molecular formula is C11H19NO3. The van der Waals surface area contributed by atoms with Crippen LogP contribution in [0.5, 0.6) is 0 Å². The molecular weight excluding hydrogens is 194 g/mol. The van der Waals surface area contributed by atoms with Crippen LogP contribution in [0.3, 0.4) is 0 Å². The van der Waals surface area contributed by atoms with Gasteiger partial charge in [0.15, 0.2) is 5.88 Å². The fraction of sp³-hybridized carbons (Fsp3) is 0.727. The molecule has 4 heteroatoms. The van der Waals surface area contributed by atoms with E-state index in [-0.39, 0.29) is 11.9 Å². The number of hydrogen-bond donors (Lipinski definition) is 1. The molecule has 1 aliphatic heterocycles. The molecule has 0 unspecified atom stereocenters. The Morgan fingerprint density at radius 1 is 1.47 bits per heavy atom. The Labute approximate surface area is 90.6 Å². The third kappa shape index (κ3) is 2.88. The van der Waals surface area contributed by atoms with E-state index in [4.69, 9.17) is 9.47 Å². The van der Waals surface area contributed by atoms with E-state index < -0.39 is 0 Å². The molecule has 0 radical (unpaired) electrons. The summed E-state index contributed by atoms with van der Waals surface area (Å²) in [5.74, 6) is 0.530. The lowest BCUT2D eigenvalue weighted by atomic mass is 9.95. The van der Waals surface area contributed by atoms with Gasteiger partial charge in [-0.1, -0.05) is 6.92 Å². The third-order valence-electron chi connectivity index (χ3n) is 2.38. The van der Waals surface area contributed by atoms with Gasteiger partial charge in [-0.15, -0.1) is 0 Å². The van der Waals surface area contributed by atoms with Crippen LogP contribution in [-0.4, -0.2) is 25.7 Å². The predicted molar refractivity (Wildman–Crippen MR) is 57.1 cm³/mol. The number of ether oxygens (including phenoxy) is 2. The van der Waals surface area contributed by atoms with Crippen LogP contribution in [0.25, 0.3) is 0 Å². The average Bonchev–Trinajstić information content (AvgIpc) is 2.18. The van der Waals surface area contributed by atoms with E-state index in [1.807, 2.05) is 13.8 Å². The highest BCUT2D eigenvalue weighted by Gasteiger charge is 2.27. The number of nitrogens with one attached hydrogen (secondary N) is 1. The molecule has 0 fully saturated rings. The predicted octanol–water partition coefficient (Wildman–Crippen LogP) is 1.43. The van der Waals surface area contributed by atoms with Crippen molar-refractivity contribution >= 4 is 5.97 Å². The lowest BCUT2D eigenvalue weighted by Crippen LogP contribution is -2.32. The first kappa shape index (κ1) is 11.9. The minimum absolute atomic E-state index is 0.201. The Hall–Kier alpha value is -1.19. The zero-order valence-corrected chi connectivity index (χ0v) is 9.63. The fourth-order valence-electron chi connectivity index (χ4n) is 1.64. The smallest absolute Gasteiger partial charge is 0.339 e. The van der Waals surface area contributed by atoms with Crippen LogP contribution in [0.2, 0.25) is 0 Å². The first-order valence-corrected chi connectivity index (χ1v) is 5.48. The lowest BCUT2D eigenvalue weighted by molar-refractivity contribution is -0.139. The summed E-state index contributed by atoms with van der Waals surface area (Å²) in [7, 11) is 0. The summed E-state index contributed by atoms with van der Waals surface area (Å²) in [5.41, 5.74) is 0.643. The maximum Gasteiger partial charge on any atom is 0.339 e. The summed E-state index contributed by atoms with van der Waals surface area (Å²) < 4.78 is 10.4. The Morgan fingerprint density at radius 2 is 2.20 bits per heavy atom. The molecule has 0 aromatic carbocycles. The quantitative estimate of drug-likeness (QED) is 0.718. The topological polar surface area (TPSA) is 47.6 Å². The molecule has 0 aliphatic carbocycles. The molecule has 1 aliphatic rings. The molecule has 0 aromatic heterocycles. The Balaban J connectivity index is 2.86. The Kier molecular flexibility index (Phi) is 4.46. The van der Waals surface area contributed by atoms with E-state index in [0.29, 0.717) is 24.7 Å². The van der Waals surface area contributed by atoms with Crippen molar-refractivity contribution in [3.05, 3.63) is 11.5 Å². The fourth-order valence-corrected chi connectivity index (χ4v) is 1.64. The van der Waals surface area contributed by atoms with E-state index >= 15 is 0 Å². The van der Waals surface area contributed by atoms with E-state index in [2.05, 4.69) is 5.32 Å². The van der Waals surface area contributed by atoms with Gasteiger partial charge in [0.05, 0.1) is 18.8 Å². The van der Waals surface area contributed by atoms with E-state index in [9.17, 15) is 4.79 Å². The van der Waals surface area contributed by atoms with Crippen molar-refractivity contribution in [3.8, 4) is 0 Å². The second-order valence-corrected chi connectivity index (χ2v) is 3.51. The second kappa shape index (κ2) is 5.63. The van der Waals surface area contributed by atoms with Gasteiger partial charge in [-0.3, -0.25) is 0 Å². The molecule has 0 aromatic rings. The maximum absolute atomic E-state index is 11.7. The van der Waals surface area contributed by atoms with Crippen molar-refractivity contribution in [2.24, 2.45) is 5.92 Å². The lowest BCUT2D eigenvalue weighted by Gasteiger charge is -2.25. The largest absolute Gasteiger partial charge is 0.479 e. The molecule has 0 bridgehead atoms. The maximum atomic E-state index is 11.7. The molecule has 86 valence electrons. The van der Waals surface area contributed by atoms with Gasteiger partial charge in [-0.25, -0.2) is 4.79 Å². The molecule has 1 atom stereocenters. The van der Waals surface area contributed by atoms with E-state index in [0.717, 1.165) is 13.0 Å². The third-order valence-corrected chi connectivity index (χ3v) is 2.38. The zero-order valence-electron chi connectivity index (χ0n) is 9.63. The van der Waals surface area contributed by atoms with Gasteiger partial charge in [0, 0.05) is 6.54 Å². The molecule has 0 spiro atoms. The minimum Gasteiger partial charge on any atom is -0.479 e. The molecule has 15 heavy (non-hydrogen) atoms. The molecule has 0 saturated heterocycles. The molecule has 4 nitrogen and oxygen atoms in total. The average molecular weight is 213 g/mol. The van der Waals surface area contributed by atoms with Crippen molar-refractivity contribution < 1.29 is 14.3 Å². The highest BCUT2D eigenvalue weighted by molar-refractivity contribution is 5.89. The molecule has 1 N–H and O–H groups in total. The van der Waals surface area contributed by atoms with Crippen molar-refractivity contribution in [2.75, 3.05) is 19.8 Å². The van der Waals surface area contributed by atoms with Gasteiger partial charge in [0.1, 0.15) is 0 Å².